The average Bonchev–Trinajstić information content (AvgIpc) is 2.38. The number of rotatable bonds is 9. The van der Waals surface area contributed by atoms with E-state index in [9.17, 15) is 13.0 Å². The highest BCUT2D eigenvalue weighted by atomic mass is 32.2. The minimum Gasteiger partial charge on any atom is -0.308 e. The summed E-state index contributed by atoms with van der Waals surface area (Å²) in [5, 5.41) is 0. The smallest absolute Gasteiger partial charge is 0.308 e. The zero-order valence-electron chi connectivity index (χ0n) is 13.7. The molecule has 1 rings (SSSR count). The molecule has 0 aromatic heterocycles. The SMILES string of the molecule is CCOP(=O)(CN1CCN(S(=O)(=O)OC(C)C)CC1)OCC. The van der Waals surface area contributed by atoms with Gasteiger partial charge in [-0.25, -0.2) is 0 Å². The van der Waals surface area contributed by atoms with Crippen LogP contribution in [0.3, 0.4) is 0 Å². The molecule has 1 fully saturated rings. The maximum atomic E-state index is 12.5. The third-order valence-electron chi connectivity index (χ3n) is 2.99. The van der Waals surface area contributed by atoms with Crippen LogP contribution >= 0.6 is 7.60 Å². The first kappa shape index (κ1) is 20.0. The number of hydrogen-bond donors (Lipinski definition) is 0. The molecule has 0 amide bonds. The Morgan fingerprint density at radius 3 is 1.95 bits per heavy atom. The first-order valence-corrected chi connectivity index (χ1v) is 10.6. The Kier molecular flexibility index (Phi) is 7.94. The predicted octanol–water partition coefficient (Wildman–Crippen LogP) is 1.50. The van der Waals surface area contributed by atoms with Crippen LogP contribution in [0, 0.1) is 0 Å². The molecule has 0 spiro atoms. The van der Waals surface area contributed by atoms with Gasteiger partial charge in [0, 0.05) is 26.2 Å². The van der Waals surface area contributed by atoms with Gasteiger partial charge in [-0.15, -0.1) is 0 Å². The fraction of sp³-hybridized carbons (Fsp3) is 1.00. The van der Waals surface area contributed by atoms with Gasteiger partial charge in [0.2, 0.25) is 0 Å². The molecule has 132 valence electrons. The zero-order valence-corrected chi connectivity index (χ0v) is 15.4. The van der Waals surface area contributed by atoms with Crippen LogP contribution in [0.5, 0.6) is 0 Å². The second kappa shape index (κ2) is 8.73. The van der Waals surface area contributed by atoms with Crippen molar-refractivity contribution in [2.24, 2.45) is 0 Å². The summed E-state index contributed by atoms with van der Waals surface area (Å²) in [7, 11) is -6.84. The Morgan fingerprint density at radius 2 is 1.55 bits per heavy atom. The van der Waals surface area contributed by atoms with Crippen LogP contribution in [0.15, 0.2) is 0 Å². The minimum absolute atomic E-state index is 0.174. The summed E-state index contributed by atoms with van der Waals surface area (Å²) in [5.41, 5.74) is 0. The second-order valence-electron chi connectivity index (χ2n) is 5.21. The van der Waals surface area contributed by atoms with Crippen LogP contribution in [0.1, 0.15) is 27.7 Å². The van der Waals surface area contributed by atoms with Crippen LogP contribution in [0.4, 0.5) is 0 Å². The van der Waals surface area contributed by atoms with E-state index < -0.39 is 17.9 Å². The van der Waals surface area contributed by atoms with Gasteiger partial charge >= 0.3 is 17.9 Å². The summed E-state index contributed by atoms with van der Waals surface area (Å²) in [6.45, 7) is 9.03. The lowest BCUT2D eigenvalue weighted by molar-refractivity contribution is 0.154. The third-order valence-corrected chi connectivity index (χ3v) is 6.66. The van der Waals surface area contributed by atoms with Gasteiger partial charge in [0.25, 0.3) is 0 Å². The second-order valence-corrected chi connectivity index (χ2v) is 8.79. The van der Waals surface area contributed by atoms with E-state index in [1.807, 2.05) is 4.90 Å². The highest BCUT2D eigenvalue weighted by Gasteiger charge is 2.33. The predicted molar refractivity (Wildman–Crippen MR) is 84.0 cm³/mol. The molecule has 0 bridgehead atoms. The van der Waals surface area contributed by atoms with Crippen molar-refractivity contribution >= 4 is 17.9 Å². The van der Waals surface area contributed by atoms with E-state index in [1.54, 1.807) is 27.7 Å². The van der Waals surface area contributed by atoms with Gasteiger partial charge in [0.15, 0.2) is 0 Å². The maximum Gasteiger partial charge on any atom is 0.344 e. The quantitative estimate of drug-likeness (QED) is 0.577. The highest BCUT2D eigenvalue weighted by molar-refractivity contribution is 7.84. The molecule has 1 heterocycles. The van der Waals surface area contributed by atoms with Crippen molar-refractivity contribution < 1.29 is 26.2 Å². The van der Waals surface area contributed by atoms with Crippen LogP contribution in [0.2, 0.25) is 0 Å². The normalized spacial score (nSPS) is 19.0. The summed E-state index contributed by atoms with van der Waals surface area (Å²) in [4.78, 5) is 1.90. The van der Waals surface area contributed by atoms with E-state index in [1.165, 1.54) is 4.31 Å². The molecule has 0 atom stereocenters. The van der Waals surface area contributed by atoms with E-state index in [4.69, 9.17) is 13.2 Å². The molecular weight excluding hydrogens is 331 g/mol. The summed E-state index contributed by atoms with van der Waals surface area (Å²) >= 11 is 0. The van der Waals surface area contributed by atoms with Crippen molar-refractivity contribution in [2.45, 2.75) is 33.8 Å². The molecule has 0 unspecified atom stereocenters. The van der Waals surface area contributed by atoms with E-state index >= 15 is 0 Å². The Bertz CT molecular complexity index is 466. The molecule has 0 N–H and O–H groups in total. The molecule has 22 heavy (non-hydrogen) atoms. The zero-order chi connectivity index (χ0) is 16.8. The third kappa shape index (κ3) is 6.23. The van der Waals surface area contributed by atoms with Gasteiger partial charge < -0.3 is 9.05 Å². The van der Waals surface area contributed by atoms with Crippen molar-refractivity contribution in [2.75, 3.05) is 45.7 Å². The van der Waals surface area contributed by atoms with Gasteiger partial charge in [-0.1, -0.05) is 0 Å². The largest absolute Gasteiger partial charge is 0.344 e. The van der Waals surface area contributed by atoms with Crippen LogP contribution < -0.4 is 0 Å². The molecule has 0 radical (unpaired) electrons. The first-order valence-electron chi connectivity index (χ1n) is 7.51. The van der Waals surface area contributed by atoms with E-state index in [0.717, 1.165) is 0 Å². The number of nitrogens with zero attached hydrogens (tertiary/aromatic N) is 2. The molecule has 0 aliphatic carbocycles. The van der Waals surface area contributed by atoms with Crippen LogP contribution in [-0.2, 0) is 28.1 Å². The fourth-order valence-corrected chi connectivity index (χ4v) is 5.17. The Hall–Kier alpha value is -0.0200. The molecule has 8 nitrogen and oxygen atoms in total. The van der Waals surface area contributed by atoms with Gasteiger partial charge in [-0.3, -0.25) is 13.6 Å². The lowest BCUT2D eigenvalue weighted by Gasteiger charge is -2.34. The summed E-state index contributed by atoms with van der Waals surface area (Å²) < 4.78 is 53.2. The van der Waals surface area contributed by atoms with Crippen molar-refractivity contribution in [1.82, 2.24) is 9.21 Å². The Labute approximate surface area is 133 Å². The fourth-order valence-electron chi connectivity index (χ4n) is 2.16. The monoisotopic (exact) mass is 358 g/mol. The molecule has 1 aliphatic heterocycles. The van der Waals surface area contributed by atoms with Crippen LogP contribution in [0.25, 0.3) is 0 Å². The molecule has 0 saturated carbocycles. The van der Waals surface area contributed by atoms with Crippen molar-refractivity contribution in [3.05, 3.63) is 0 Å². The lowest BCUT2D eigenvalue weighted by atomic mass is 10.4. The van der Waals surface area contributed by atoms with Gasteiger partial charge in [-0.2, -0.15) is 12.7 Å². The molecule has 0 aromatic carbocycles. The van der Waals surface area contributed by atoms with Gasteiger partial charge in [0.05, 0.1) is 19.3 Å². The molecule has 1 aliphatic rings. The van der Waals surface area contributed by atoms with Crippen molar-refractivity contribution in [3.8, 4) is 0 Å². The van der Waals surface area contributed by atoms with Gasteiger partial charge in [-0.05, 0) is 27.7 Å². The Balaban J connectivity index is 2.56. The first-order chi connectivity index (χ1) is 10.2. The highest BCUT2D eigenvalue weighted by Crippen LogP contribution is 2.48. The minimum atomic E-state index is -3.70. The molecular formula is C12H27N2O6PS. The lowest BCUT2D eigenvalue weighted by Crippen LogP contribution is -2.49. The van der Waals surface area contributed by atoms with Crippen LogP contribution in [-0.4, -0.2) is 69.4 Å². The van der Waals surface area contributed by atoms with Gasteiger partial charge in [0.1, 0.15) is 6.29 Å². The van der Waals surface area contributed by atoms with E-state index in [-0.39, 0.29) is 12.4 Å². The molecule has 10 heteroatoms. The molecule has 0 aromatic rings. The molecule has 1 saturated heterocycles. The number of piperazine rings is 1. The van der Waals surface area contributed by atoms with E-state index in [0.29, 0.717) is 39.4 Å². The Morgan fingerprint density at radius 1 is 1.05 bits per heavy atom. The van der Waals surface area contributed by atoms with Crippen molar-refractivity contribution in [1.29, 1.82) is 0 Å². The summed E-state index contributed by atoms with van der Waals surface area (Å²) in [6, 6.07) is 0. The standard InChI is InChI=1S/C12H27N2O6PS/c1-5-18-21(15,19-6-2)11-13-7-9-14(10-8-13)22(16,17)20-12(3)4/h12H,5-11H2,1-4H3. The summed E-state index contributed by atoms with van der Waals surface area (Å²) in [5.74, 6) is 0. The number of hydrogen-bond acceptors (Lipinski definition) is 7. The van der Waals surface area contributed by atoms with Crippen molar-refractivity contribution in [3.63, 3.8) is 0 Å². The topological polar surface area (TPSA) is 85.4 Å². The maximum absolute atomic E-state index is 12.5. The summed E-state index contributed by atoms with van der Waals surface area (Å²) in [6.07, 6.45) is -0.215. The average molecular weight is 358 g/mol. The van der Waals surface area contributed by atoms with E-state index in [2.05, 4.69) is 0 Å².